The molecule has 1 aliphatic carbocycles. The van der Waals surface area contributed by atoms with Crippen LogP contribution in [0.15, 0.2) is 23.0 Å². The van der Waals surface area contributed by atoms with Crippen LogP contribution in [0.1, 0.15) is 64.0 Å². The Labute approximate surface area is 173 Å². The van der Waals surface area contributed by atoms with Crippen molar-refractivity contribution in [3.05, 3.63) is 34.2 Å². The van der Waals surface area contributed by atoms with Crippen LogP contribution in [0.25, 0.3) is 11.0 Å². The fourth-order valence-electron chi connectivity index (χ4n) is 5.03. The maximum atomic E-state index is 12.5. The van der Waals surface area contributed by atoms with Gasteiger partial charge < -0.3 is 14.6 Å². The highest BCUT2D eigenvalue weighted by Crippen LogP contribution is 2.31. The van der Waals surface area contributed by atoms with E-state index in [0.29, 0.717) is 24.3 Å². The molecule has 1 saturated heterocycles. The number of aromatic amines is 1. The standard InChI is InChI=1S/C22H33N3O2.ClH/c1-15(2)27-19-7-5-17(6-8-19)24-12-10-18(11-13-24)25-21-14-16(3)4-9-20(21)23-22(25)26;/h4,9,14-15,17-19H,5-8,10-13H2,1-3H3,(H,23,26);1H/t17-,19-;. The van der Waals surface area contributed by atoms with Crippen molar-refractivity contribution in [2.24, 2.45) is 0 Å². The van der Waals surface area contributed by atoms with Crippen LogP contribution in [0.4, 0.5) is 0 Å². The third-order valence-electron chi connectivity index (χ3n) is 6.36. The summed E-state index contributed by atoms with van der Waals surface area (Å²) in [6.07, 6.45) is 7.76. The van der Waals surface area contributed by atoms with Gasteiger partial charge >= 0.3 is 5.69 Å². The monoisotopic (exact) mass is 407 g/mol. The van der Waals surface area contributed by atoms with Crippen LogP contribution in [0.3, 0.4) is 0 Å². The first-order valence-corrected chi connectivity index (χ1v) is 10.6. The van der Waals surface area contributed by atoms with Gasteiger partial charge in [0, 0.05) is 25.2 Å². The van der Waals surface area contributed by atoms with E-state index < -0.39 is 0 Å². The lowest BCUT2D eigenvalue weighted by Gasteiger charge is -2.41. The van der Waals surface area contributed by atoms with Gasteiger partial charge in [0.2, 0.25) is 0 Å². The predicted molar refractivity (Wildman–Crippen MR) is 117 cm³/mol. The van der Waals surface area contributed by atoms with Gasteiger partial charge in [-0.1, -0.05) is 6.07 Å². The summed E-state index contributed by atoms with van der Waals surface area (Å²) in [6.45, 7) is 8.53. The van der Waals surface area contributed by atoms with Gasteiger partial charge in [0.15, 0.2) is 0 Å². The minimum Gasteiger partial charge on any atom is -0.376 e. The van der Waals surface area contributed by atoms with Gasteiger partial charge in [-0.3, -0.25) is 4.57 Å². The van der Waals surface area contributed by atoms with Crippen molar-refractivity contribution in [3.63, 3.8) is 0 Å². The number of halogens is 1. The van der Waals surface area contributed by atoms with E-state index >= 15 is 0 Å². The highest BCUT2D eigenvalue weighted by molar-refractivity contribution is 5.85. The largest absolute Gasteiger partial charge is 0.376 e. The van der Waals surface area contributed by atoms with Gasteiger partial charge in [-0.25, -0.2) is 4.79 Å². The van der Waals surface area contributed by atoms with Crippen molar-refractivity contribution in [3.8, 4) is 0 Å². The van der Waals surface area contributed by atoms with Crippen LogP contribution in [0.5, 0.6) is 0 Å². The number of benzene rings is 1. The molecule has 4 rings (SSSR count). The van der Waals surface area contributed by atoms with Gasteiger partial charge in [-0.2, -0.15) is 0 Å². The van der Waals surface area contributed by atoms with Crippen molar-refractivity contribution in [1.82, 2.24) is 14.5 Å². The van der Waals surface area contributed by atoms with Gasteiger partial charge in [-0.15, -0.1) is 12.4 Å². The highest BCUT2D eigenvalue weighted by Gasteiger charge is 2.30. The second-order valence-electron chi connectivity index (χ2n) is 8.70. The molecule has 5 nitrogen and oxygen atoms in total. The molecule has 0 spiro atoms. The number of nitrogens with zero attached hydrogens (tertiary/aromatic N) is 2. The zero-order chi connectivity index (χ0) is 19.0. The number of fused-ring (bicyclic) bond motifs is 1. The summed E-state index contributed by atoms with van der Waals surface area (Å²) in [5, 5.41) is 0. The van der Waals surface area contributed by atoms with E-state index in [1.807, 2.05) is 10.6 Å². The summed E-state index contributed by atoms with van der Waals surface area (Å²) in [7, 11) is 0. The van der Waals surface area contributed by atoms with Crippen molar-refractivity contribution in [2.45, 2.75) is 83.6 Å². The average molecular weight is 408 g/mol. The Morgan fingerprint density at radius 1 is 1.04 bits per heavy atom. The maximum absolute atomic E-state index is 12.5. The number of hydrogen-bond donors (Lipinski definition) is 1. The minimum atomic E-state index is 0. The molecule has 0 atom stereocenters. The van der Waals surface area contributed by atoms with E-state index in [2.05, 4.69) is 42.8 Å². The number of likely N-dealkylation sites (tertiary alicyclic amines) is 1. The summed E-state index contributed by atoms with van der Waals surface area (Å²) in [6, 6.07) is 7.22. The Morgan fingerprint density at radius 3 is 2.36 bits per heavy atom. The van der Waals surface area contributed by atoms with Gasteiger partial charge in [0.25, 0.3) is 0 Å². The Kier molecular flexibility index (Phi) is 6.89. The first-order valence-electron chi connectivity index (χ1n) is 10.6. The lowest BCUT2D eigenvalue weighted by molar-refractivity contribution is -0.0289. The molecule has 0 bridgehead atoms. The Balaban J connectivity index is 0.00000225. The number of rotatable bonds is 4. The number of hydrogen-bond acceptors (Lipinski definition) is 3. The molecule has 1 saturated carbocycles. The zero-order valence-electron chi connectivity index (χ0n) is 17.3. The van der Waals surface area contributed by atoms with E-state index in [9.17, 15) is 4.79 Å². The van der Waals surface area contributed by atoms with Crippen molar-refractivity contribution >= 4 is 23.4 Å². The van der Waals surface area contributed by atoms with E-state index in [1.165, 1.54) is 31.2 Å². The molecule has 156 valence electrons. The Morgan fingerprint density at radius 2 is 1.71 bits per heavy atom. The fourth-order valence-corrected chi connectivity index (χ4v) is 5.03. The number of aromatic nitrogens is 2. The highest BCUT2D eigenvalue weighted by atomic mass is 35.5. The molecule has 2 heterocycles. The summed E-state index contributed by atoms with van der Waals surface area (Å²) < 4.78 is 8.00. The van der Waals surface area contributed by atoms with Crippen LogP contribution < -0.4 is 5.69 Å². The van der Waals surface area contributed by atoms with E-state index in [1.54, 1.807) is 0 Å². The smallest absolute Gasteiger partial charge is 0.326 e. The van der Waals surface area contributed by atoms with Crippen LogP contribution >= 0.6 is 12.4 Å². The normalized spacial score (nSPS) is 24.6. The number of imidazole rings is 1. The lowest BCUT2D eigenvalue weighted by atomic mass is 9.90. The molecule has 0 radical (unpaired) electrons. The molecule has 6 heteroatoms. The fraction of sp³-hybridized carbons (Fsp3) is 0.682. The van der Waals surface area contributed by atoms with Crippen LogP contribution in [-0.2, 0) is 4.74 Å². The summed E-state index contributed by atoms with van der Waals surface area (Å²) in [5.41, 5.74) is 3.26. The van der Waals surface area contributed by atoms with Gasteiger partial charge in [0.05, 0.1) is 23.2 Å². The molecule has 0 unspecified atom stereocenters. The van der Waals surface area contributed by atoms with Crippen LogP contribution in [0.2, 0.25) is 0 Å². The SMILES string of the molecule is Cc1ccc2[nH]c(=O)n(C3CCN([C@H]4CC[C@H](OC(C)C)CC4)CC3)c2c1.Cl. The number of nitrogens with one attached hydrogen (secondary N) is 1. The third kappa shape index (κ3) is 4.47. The predicted octanol–water partition coefficient (Wildman–Crippen LogP) is 4.43. The van der Waals surface area contributed by atoms with Crippen molar-refractivity contribution in [1.29, 1.82) is 0 Å². The molecule has 1 aromatic heterocycles. The number of piperidine rings is 1. The molecule has 2 fully saturated rings. The van der Waals surface area contributed by atoms with E-state index in [-0.39, 0.29) is 18.1 Å². The summed E-state index contributed by atoms with van der Waals surface area (Å²) >= 11 is 0. The first kappa shape index (κ1) is 21.4. The van der Waals surface area contributed by atoms with Crippen LogP contribution in [0, 0.1) is 6.92 Å². The molecule has 0 amide bonds. The van der Waals surface area contributed by atoms with E-state index in [4.69, 9.17) is 4.74 Å². The Hall–Kier alpha value is -1.30. The molecule has 1 aliphatic heterocycles. The van der Waals surface area contributed by atoms with Crippen LogP contribution in [-0.4, -0.2) is 45.8 Å². The second kappa shape index (κ2) is 9.02. The first-order chi connectivity index (χ1) is 13.0. The Bertz CT molecular complexity index is 828. The summed E-state index contributed by atoms with van der Waals surface area (Å²) in [4.78, 5) is 18.2. The zero-order valence-corrected chi connectivity index (χ0v) is 18.1. The second-order valence-corrected chi connectivity index (χ2v) is 8.70. The summed E-state index contributed by atoms with van der Waals surface area (Å²) in [5.74, 6) is 0. The van der Waals surface area contributed by atoms with Gasteiger partial charge in [0.1, 0.15) is 0 Å². The number of aryl methyl sites for hydroxylation is 1. The molecule has 2 aromatic rings. The molecule has 1 N–H and O–H groups in total. The van der Waals surface area contributed by atoms with Crippen molar-refractivity contribution < 1.29 is 4.74 Å². The van der Waals surface area contributed by atoms with Crippen molar-refractivity contribution in [2.75, 3.05) is 13.1 Å². The molecule has 1 aromatic carbocycles. The minimum absolute atomic E-state index is 0. The molecule has 28 heavy (non-hydrogen) atoms. The molecule has 2 aliphatic rings. The molecular formula is C22H34ClN3O2. The quantitative estimate of drug-likeness (QED) is 0.815. The number of H-pyrrole nitrogens is 1. The third-order valence-corrected chi connectivity index (χ3v) is 6.36. The van der Waals surface area contributed by atoms with E-state index in [0.717, 1.165) is 37.0 Å². The number of ether oxygens (including phenoxy) is 1. The van der Waals surface area contributed by atoms with Gasteiger partial charge in [-0.05, 0) is 77.0 Å². The molecular weight excluding hydrogens is 374 g/mol. The average Bonchev–Trinajstić information content (AvgIpc) is 2.97. The lowest BCUT2D eigenvalue weighted by Crippen LogP contribution is -2.45. The maximum Gasteiger partial charge on any atom is 0.326 e. The topological polar surface area (TPSA) is 50.3 Å².